The fourth-order valence-corrected chi connectivity index (χ4v) is 4.56. The first-order chi connectivity index (χ1) is 16.3. The van der Waals surface area contributed by atoms with Crippen molar-refractivity contribution in [1.82, 2.24) is 10.2 Å². The van der Waals surface area contributed by atoms with Gasteiger partial charge in [-0.2, -0.15) is 0 Å². The largest absolute Gasteiger partial charge is 0.497 e. The number of benzene rings is 2. The summed E-state index contributed by atoms with van der Waals surface area (Å²) in [7, 11) is -2.27. The average Bonchev–Trinajstić information content (AvgIpc) is 2.76. The first kappa shape index (κ1) is 28.2. The van der Waals surface area contributed by atoms with E-state index in [9.17, 15) is 18.0 Å². The van der Waals surface area contributed by atoms with Crippen LogP contribution in [0.2, 0.25) is 0 Å². The average molecular weight is 504 g/mol. The molecule has 2 aromatic carbocycles. The molecule has 0 aliphatic rings. The lowest BCUT2D eigenvalue weighted by Crippen LogP contribution is -2.55. The summed E-state index contributed by atoms with van der Waals surface area (Å²) in [6.07, 6.45) is 1.43. The minimum absolute atomic E-state index is 0.182. The molecule has 2 rings (SSSR count). The first-order valence-corrected chi connectivity index (χ1v) is 13.4. The van der Waals surface area contributed by atoms with E-state index >= 15 is 0 Å². The molecule has 9 heteroatoms. The number of hydrogen-bond donors (Lipinski definition) is 1. The number of sulfonamides is 1. The van der Waals surface area contributed by atoms with Crippen LogP contribution in [0.3, 0.4) is 0 Å². The summed E-state index contributed by atoms with van der Waals surface area (Å²) < 4.78 is 31.5. The van der Waals surface area contributed by atoms with Gasteiger partial charge in [0, 0.05) is 12.1 Å². The smallest absolute Gasteiger partial charge is 0.244 e. The van der Waals surface area contributed by atoms with E-state index < -0.39 is 34.1 Å². The van der Waals surface area contributed by atoms with Gasteiger partial charge in [0.05, 0.1) is 19.1 Å². The van der Waals surface area contributed by atoms with E-state index in [2.05, 4.69) is 5.32 Å². The van der Waals surface area contributed by atoms with E-state index in [1.165, 1.54) is 12.0 Å². The van der Waals surface area contributed by atoms with Gasteiger partial charge < -0.3 is 15.0 Å². The molecule has 0 aliphatic heterocycles. The molecule has 1 atom stereocenters. The lowest BCUT2D eigenvalue weighted by molar-refractivity contribution is -0.141. The van der Waals surface area contributed by atoms with Crippen LogP contribution in [0.1, 0.15) is 45.2 Å². The molecule has 2 aromatic rings. The number of aryl methyl sites for hydroxylation is 1. The fraction of sp³-hybridized carbons (Fsp3) is 0.462. The summed E-state index contributed by atoms with van der Waals surface area (Å²) in [5.41, 5.74) is 1.72. The summed E-state index contributed by atoms with van der Waals surface area (Å²) >= 11 is 0. The molecule has 0 saturated heterocycles. The van der Waals surface area contributed by atoms with Gasteiger partial charge in [-0.05, 0) is 69.5 Å². The van der Waals surface area contributed by atoms with Gasteiger partial charge in [-0.1, -0.05) is 31.2 Å². The van der Waals surface area contributed by atoms with Crippen molar-refractivity contribution < 1.29 is 22.7 Å². The SMILES string of the molecule is CC[C@@H](C(=O)NC(C)(C)C)N(Cc1ccccc1C)C(=O)CN(c1ccc(OC)cc1)S(C)(=O)=O. The Labute approximate surface area is 209 Å². The lowest BCUT2D eigenvalue weighted by atomic mass is 10.0. The molecule has 2 amide bonds. The summed E-state index contributed by atoms with van der Waals surface area (Å²) in [4.78, 5) is 28.4. The highest BCUT2D eigenvalue weighted by Crippen LogP contribution is 2.23. The van der Waals surface area contributed by atoms with Crippen LogP contribution in [0.25, 0.3) is 0 Å². The van der Waals surface area contributed by atoms with Crippen molar-refractivity contribution in [3.8, 4) is 5.75 Å². The molecule has 0 bridgehead atoms. The Kier molecular flexibility index (Phi) is 9.31. The molecule has 0 saturated carbocycles. The van der Waals surface area contributed by atoms with Crippen molar-refractivity contribution in [2.24, 2.45) is 0 Å². The maximum atomic E-state index is 13.7. The molecule has 35 heavy (non-hydrogen) atoms. The number of hydrogen-bond acceptors (Lipinski definition) is 5. The van der Waals surface area contributed by atoms with Crippen molar-refractivity contribution in [1.29, 1.82) is 0 Å². The molecule has 0 heterocycles. The maximum Gasteiger partial charge on any atom is 0.244 e. The fourth-order valence-electron chi connectivity index (χ4n) is 3.71. The van der Waals surface area contributed by atoms with E-state index in [-0.39, 0.29) is 12.5 Å². The van der Waals surface area contributed by atoms with Gasteiger partial charge in [-0.25, -0.2) is 8.42 Å². The van der Waals surface area contributed by atoms with Crippen molar-refractivity contribution in [2.45, 2.75) is 59.2 Å². The second-order valence-corrected chi connectivity index (χ2v) is 11.5. The summed E-state index contributed by atoms with van der Waals surface area (Å²) in [6.45, 7) is 9.15. The highest BCUT2D eigenvalue weighted by molar-refractivity contribution is 7.92. The van der Waals surface area contributed by atoms with Crippen LogP contribution in [0.4, 0.5) is 5.69 Å². The molecule has 0 fully saturated rings. The predicted octanol–water partition coefficient (Wildman–Crippen LogP) is 3.49. The number of nitrogens with zero attached hydrogens (tertiary/aromatic N) is 2. The second kappa shape index (κ2) is 11.6. The number of anilines is 1. The molecular formula is C26H37N3O5S. The van der Waals surface area contributed by atoms with Crippen molar-refractivity contribution in [2.75, 3.05) is 24.2 Å². The third-order valence-corrected chi connectivity index (χ3v) is 6.67. The molecule has 0 aromatic heterocycles. The number of nitrogens with one attached hydrogen (secondary N) is 1. The quantitative estimate of drug-likeness (QED) is 0.535. The van der Waals surface area contributed by atoms with Crippen molar-refractivity contribution in [3.63, 3.8) is 0 Å². The topological polar surface area (TPSA) is 96.0 Å². The van der Waals surface area contributed by atoms with Crippen LogP contribution >= 0.6 is 0 Å². The number of rotatable bonds is 10. The van der Waals surface area contributed by atoms with Crippen LogP contribution in [-0.2, 0) is 26.2 Å². The molecule has 192 valence electrons. The van der Waals surface area contributed by atoms with Crippen LogP contribution in [0.5, 0.6) is 5.75 Å². The van der Waals surface area contributed by atoms with Crippen LogP contribution in [-0.4, -0.2) is 56.6 Å². The maximum absolute atomic E-state index is 13.7. The Hall–Kier alpha value is -3.07. The zero-order chi connectivity index (χ0) is 26.4. The highest BCUT2D eigenvalue weighted by Gasteiger charge is 2.33. The first-order valence-electron chi connectivity index (χ1n) is 11.5. The van der Waals surface area contributed by atoms with Gasteiger partial charge in [-0.15, -0.1) is 0 Å². The zero-order valence-electron chi connectivity index (χ0n) is 21.7. The number of carbonyl (C=O) groups is 2. The van der Waals surface area contributed by atoms with Crippen LogP contribution in [0, 0.1) is 6.92 Å². The molecule has 0 aliphatic carbocycles. The van der Waals surface area contributed by atoms with Crippen molar-refractivity contribution >= 4 is 27.5 Å². The van der Waals surface area contributed by atoms with E-state index in [0.29, 0.717) is 17.9 Å². The Morgan fingerprint density at radius 2 is 1.66 bits per heavy atom. The molecule has 0 radical (unpaired) electrons. The van der Waals surface area contributed by atoms with Gasteiger partial charge in [0.2, 0.25) is 21.8 Å². The Balaban J connectivity index is 2.46. The number of ether oxygens (including phenoxy) is 1. The summed E-state index contributed by atoms with van der Waals surface area (Å²) in [5.74, 6) is -0.178. The Bertz CT molecular complexity index is 1120. The normalized spacial score (nSPS) is 12.5. The molecular weight excluding hydrogens is 466 g/mol. The monoisotopic (exact) mass is 503 g/mol. The summed E-state index contributed by atoms with van der Waals surface area (Å²) in [6, 6.07) is 13.3. The lowest BCUT2D eigenvalue weighted by Gasteiger charge is -2.34. The molecule has 0 unspecified atom stereocenters. The van der Waals surface area contributed by atoms with E-state index in [1.54, 1.807) is 24.3 Å². The van der Waals surface area contributed by atoms with Gasteiger partial charge in [-0.3, -0.25) is 13.9 Å². The molecule has 0 spiro atoms. The predicted molar refractivity (Wildman–Crippen MR) is 139 cm³/mol. The second-order valence-electron chi connectivity index (χ2n) is 9.58. The van der Waals surface area contributed by atoms with E-state index in [1.807, 2.05) is 58.9 Å². The van der Waals surface area contributed by atoms with Crippen molar-refractivity contribution in [3.05, 3.63) is 59.7 Å². The third-order valence-electron chi connectivity index (χ3n) is 5.53. The van der Waals surface area contributed by atoms with E-state index in [0.717, 1.165) is 21.7 Å². The minimum atomic E-state index is -3.78. The number of amides is 2. The van der Waals surface area contributed by atoms with Gasteiger partial charge in [0.15, 0.2) is 0 Å². The molecule has 8 nitrogen and oxygen atoms in total. The standard InChI is InChI=1S/C26H37N3O5S/c1-8-23(25(31)27-26(3,4)5)28(17-20-12-10-9-11-19(20)2)24(30)18-29(35(7,32)33)21-13-15-22(34-6)16-14-21/h9-16,23H,8,17-18H2,1-7H3,(H,27,31)/t23-/m0/s1. The minimum Gasteiger partial charge on any atom is -0.497 e. The highest BCUT2D eigenvalue weighted by atomic mass is 32.2. The van der Waals surface area contributed by atoms with Crippen LogP contribution < -0.4 is 14.4 Å². The third kappa shape index (κ3) is 7.99. The Morgan fingerprint density at radius 3 is 2.14 bits per heavy atom. The Morgan fingerprint density at radius 1 is 1.06 bits per heavy atom. The van der Waals surface area contributed by atoms with Gasteiger partial charge in [0.25, 0.3) is 0 Å². The molecule has 1 N–H and O–H groups in total. The number of methoxy groups -OCH3 is 1. The van der Waals surface area contributed by atoms with E-state index in [4.69, 9.17) is 4.74 Å². The van der Waals surface area contributed by atoms with Gasteiger partial charge >= 0.3 is 0 Å². The zero-order valence-corrected chi connectivity index (χ0v) is 22.5. The van der Waals surface area contributed by atoms with Gasteiger partial charge in [0.1, 0.15) is 18.3 Å². The number of carbonyl (C=O) groups excluding carboxylic acids is 2. The van der Waals surface area contributed by atoms with Crippen LogP contribution in [0.15, 0.2) is 48.5 Å². The summed E-state index contributed by atoms with van der Waals surface area (Å²) in [5, 5.41) is 2.96.